The maximum absolute atomic E-state index is 12.0. The lowest BCUT2D eigenvalue weighted by Crippen LogP contribution is -2.25. The Labute approximate surface area is 138 Å². The van der Waals surface area contributed by atoms with Crippen LogP contribution in [0.1, 0.15) is 17.8 Å². The molecule has 0 saturated carbocycles. The van der Waals surface area contributed by atoms with Crippen molar-refractivity contribution in [2.24, 2.45) is 0 Å². The molecule has 1 amide bonds. The normalized spacial score (nSPS) is 12.8. The van der Waals surface area contributed by atoms with Crippen molar-refractivity contribution in [3.05, 3.63) is 23.5 Å². The summed E-state index contributed by atoms with van der Waals surface area (Å²) in [6.45, 7) is 3.59. The van der Waals surface area contributed by atoms with Crippen LogP contribution in [0.2, 0.25) is 0 Å². The van der Waals surface area contributed by atoms with Gasteiger partial charge in [-0.15, -0.1) is 5.10 Å². The maximum Gasteiger partial charge on any atom is 0.222 e. The van der Waals surface area contributed by atoms with Gasteiger partial charge in [-0.3, -0.25) is 4.79 Å². The smallest absolute Gasteiger partial charge is 0.222 e. The van der Waals surface area contributed by atoms with Gasteiger partial charge < -0.3 is 19.5 Å². The molecule has 1 aliphatic heterocycles. The van der Waals surface area contributed by atoms with Gasteiger partial charge in [0.25, 0.3) is 0 Å². The number of ether oxygens (including phenoxy) is 3. The van der Waals surface area contributed by atoms with Crippen LogP contribution in [-0.4, -0.2) is 46.4 Å². The fourth-order valence-electron chi connectivity index (χ4n) is 2.39. The first-order valence-electron chi connectivity index (χ1n) is 7.63. The maximum atomic E-state index is 12.0. The van der Waals surface area contributed by atoms with Gasteiger partial charge in [-0.25, -0.2) is 4.68 Å². The molecular weight excluding hydrogens is 314 g/mol. The van der Waals surface area contributed by atoms with Crippen LogP contribution >= 0.6 is 0 Å². The first kappa shape index (κ1) is 16.0. The van der Waals surface area contributed by atoms with Gasteiger partial charge in [-0.2, -0.15) is 0 Å². The number of hydrogen-bond donors (Lipinski definition) is 1. The van der Waals surface area contributed by atoms with E-state index in [1.54, 1.807) is 24.8 Å². The lowest BCUT2D eigenvalue weighted by Gasteiger charge is -2.20. The van der Waals surface area contributed by atoms with Crippen molar-refractivity contribution in [2.45, 2.75) is 26.4 Å². The molecular formula is C15H19N5O4. The molecule has 1 aliphatic rings. The van der Waals surface area contributed by atoms with Crippen LogP contribution in [0.25, 0.3) is 0 Å². The molecule has 9 heteroatoms. The number of aryl methyl sites for hydroxylation is 2. The van der Waals surface area contributed by atoms with Crippen LogP contribution in [0.5, 0.6) is 17.2 Å². The molecule has 0 unspecified atom stereocenters. The second-order valence-corrected chi connectivity index (χ2v) is 5.28. The molecule has 24 heavy (non-hydrogen) atoms. The highest BCUT2D eigenvalue weighted by atomic mass is 16.6. The van der Waals surface area contributed by atoms with E-state index in [2.05, 4.69) is 20.8 Å². The Hall–Kier alpha value is -2.84. The largest absolute Gasteiger partial charge is 0.496 e. The predicted molar refractivity (Wildman–Crippen MR) is 83.0 cm³/mol. The SMILES string of the molecule is COc1cc2c(cc1CNC(=O)CCn1nnnc1C)OCCO2. The summed E-state index contributed by atoms with van der Waals surface area (Å²) in [6.07, 6.45) is 0.290. The fourth-order valence-corrected chi connectivity index (χ4v) is 2.39. The first-order valence-corrected chi connectivity index (χ1v) is 7.63. The zero-order valence-corrected chi connectivity index (χ0v) is 13.6. The van der Waals surface area contributed by atoms with E-state index in [9.17, 15) is 4.79 Å². The molecule has 9 nitrogen and oxygen atoms in total. The minimum Gasteiger partial charge on any atom is -0.496 e. The number of nitrogens with one attached hydrogen (secondary N) is 1. The molecule has 0 fully saturated rings. The van der Waals surface area contributed by atoms with Crippen molar-refractivity contribution in [2.75, 3.05) is 20.3 Å². The van der Waals surface area contributed by atoms with Gasteiger partial charge in [0, 0.05) is 24.6 Å². The van der Waals surface area contributed by atoms with Gasteiger partial charge in [0.05, 0.1) is 13.7 Å². The van der Waals surface area contributed by atoms with E-state index >= 15 is 0 Å². The first-order chi connectivity index (χ1) is 11.7. The number of methoxy groups -OCH3 is 1. The molecule has 1 aromatic heterocycles. The summed E-state index contributed by atoms with van der Waals surface area (Å²) in [5.41, 5.74) is 0.828. The molecule has 0 spiro atoms. The van der Waals surface area contributed by atoms with E-state index in [0.717, 1.165) is 5.56 Å². The quantitative estimate of drug-likeness (QED) is 0.820. The Morgan fingerprint density at radius 2 is 2.08 bits per heavy atom. The van der Waals surface area contributed by atoms with E-state index in [-0.39, 0.29) is 5.91 Å². The molecule has 128 valence electrons. The van der Waals surface area contributed by atoms with Crippen LogP contribution in [-0.2, 0) is 17.9 Å². The second kappa shape index (κ2) is 7.16. The zero-order chi connectivity index (χ0) is 16.9. The number of nitrogens with zero attached hydrogens (tertiary/aromatic N) is 4. The molecule has 2 heterocycles. The number of carbonyl (C=O) groups excluding carboxylic acids is 1. The van der Waals surface area contributed by atoms with Crippen molar-refractivity contribution in [1.82, 2.24) is 25.5 Å². The summed E-state index contributed by atoms with van der Waals surface area (Å²) >= 11 is 0. The third kappa shape index (κ3) is 3.55. The summed E-state index contributed by atoms with van der Waals surface area (Å²) < 4.78 is 18.0. The van der Waals surface area contributed by atoms with Gasteiger partial charge in [-0.05, 0) is 23.4 Å². The topological polar surface area (TPSA) is 100 Å². The molecule has 0 saturated heterocycles. The van der Waals surface area contributed by atoms with Gasteiger partial charge >= 0.3 is 0 Å². The summed E-state index contributed by atoms with van der Waals surface area (Å²) in [4.78, 5) is 12.0. The number of carbonyl (C=O) groups is 1. The second-order valence-electron chi connectivity index (χ2n) is 5.28. The van der Waals surface area contributed by atoms with Crippen molar-refractivity contribution in [3.8, 4) is 17.2 Å². The Kier molecular flexibility index (Phi) is 4.78. The van der Waals surface area contributed by atoms with Crippen molar-refractivity contribution in [1.29, 1.82) is 0 Å². The van der Waals surface area contributed by atoms with Crippen LogP contribution in [0, 0.1) is 6.92 Å². The molecule has 3 rings (SSSR count). The Morgan fingerprint density at radius 3 is 2.75 bits per heavy atom. The summed E-state index contributed by atoms with van der Waals surface area (Å²) in [5, 5.41) is 14.0. The Balaban J connectivity index is 1.59. The van der Waals surface area contributed by atoms with E-state index in [4.69, 9.17) is 14.2 Å². The van der Waals surface area contributed by atoms with Crippen LogP contribution in [0.4, 0.5) is 0 Å². The predicted octanol–water partition coefficient (Wildman–Crippen LogP) is 0.468. The van der Waals surface area contributed by atoms with Crippen molar-refractivity contribution < 1.29 is 19.0 Å². The fraction of sp³-hybridized carbons (Fsp3) is 0.467. The molecule has 1 N–H and O–H groups in total. The summed E-state index contributed by atoms with van der Waals surface area (Å²) in [5.74, 6) is 2.55. The van der Waals surface area contributed by atoms with E-state index in [0.29, 0.717) is 55.8 Å². The molecule has 0 radical (unpaired) electrons. The van der Waals surface area contributed by atoms with Crippen LogP contribution < -0.4 is 19.5 Å². The zero-order valence-electron chi connectivity index (χ0n) is 13.6. The average Bonchev–Trinajstić information content (AvgIpc) is 3.02. The third-order valence-electron chi connectivity index (χ3n) is 3.68. The number of fused-ring (bicyclic) bond motifs is 1. The van der Waals surface area contributed by atoms with Gasteiger partial charge in [0.15, 0.2) is 11.5 Å². The average molecular weight is 333 g/mol. The molecule has 1 aromatic carbocycles. The summed E-state index contributed by atoms with van der Waals surface area (Å²) in [6, 6.07) is 3.61. The molecule has 0 atom stereocenters. The Morgan fingerprint density at radius 1 is 1.33 bits per heavy atom. The minimum absolute atomic E-state index is 0.0955. The van der Waals surface area contributed by atoms with E-state index < -0.39 is 0 Å². The van der Waals surface area contributed by atoms with Gasteiger partial charge in [-0.1, -0.05) is 0 Å². The van der Waals surface area contributed by atoms with E-state index in [1.165, 1.54) is 0 Å². The number of aromatic nitrogens is 4. The van der Waals surface area contributed by atoms with Crippen molar-refractivity contribution >= 4 is 5.91 Å². The molecule has 0 bridgehead atoms. The minimum atomic E-state index is -0.0955. The number of hydrogen-bond acceptors (Lipinski definition) is 7. The highest BCUT2D eigenvalue weighted by Gasteiger charge is 2.17. The van der Waals surface area contributed by atoms with Crippen LogP contribution in [0.15, 0.2) is 12.1 Å². The summed E-state index contributed by atoms with van der Waals surface area (Å²) in [7, 11) is 1.58. The monoisotopic (exact) mass is 333 g/mol. The Bertz CT molecular complexity index is 731. The number of benzene rings is 1. The van der Waals surface area contributed by atoms with Crippen molar-refractivity contribution in [3.63, 3.8) is 0 Å². The van der Waals surface area contributed by atoms with Gasteiger partial charge in [0.2, 0.25) is 5.91 Å². The van der Waals surface area contributed by atoms with E-state index in [1.807, 2.05) is 6.07 Å². The lowest BCUT2D eigenvalue weighted by molar-refractivity contribution is -0.121. The number of tetrazole rings is 1. The third-order valence-corrected chi connectivity index (χ3v) is 3.68. The highest BCUT2D eigenvalue weighted by Crippen LogP contribution is 2.36. The lowest BCUT2D eigenvalue weighted by atomic mass is 10.1. The molecule has 0 aliphatic carbocycles. The van der Waals surface area contributed by atoms with Gasteiger partial charge in [0.1, 0.15) is 24.8 Å². The van der Waals surface area contributed by atoms with Crippen LogP contribution in [0.3, 0.4) is 0 Å². The standard InChI is InChI=1S/C15H19N5O4/c1-10-17-18-19-20(10)4-3-15(21)16-9-11-7-13-14(8-12(11)22-2)24-6-5-23-13/h7-8H,3-6,9H2,1-2H3,(H,16,21). The number of amides is 1. The highest BCUT2D eigenvalue weighted by molar-refractivity contribution is 5.75. The molecule has 2 aromatic rings. The number of rotatable bonds is 6.